The first-order valence-electron chi connectivity index (χ1n) is 10.4. The Morgan fingerprint density at radius 1 is 1.03 bits per heavy atom. The van der Waals surface area contributed by atoms with Crippen LogP contribution in [0.25, 0.3) is 0 Å². The van der Waals surface area contributed by atoms with Gasteiger partial charge in [-0.3, -0.25) is 9.59 Å². The second-order valence-corrected chi connectivity index (χ2v) is 8.42. The maximum absolute atomic E-state index is 12.1. The van der Waals surface area contributed by atoms with Crippen molar-refractivity contribution in [3.05, 3.63) is 81.3 Å². The molecule has 0 aliphatic heterocycles. The smallest absolute Gasteiger partial charge is 0.249 e. The summed E-state index contributed by atoms with van der Waals surface area (Å²) in [4.78, 5) is 24.1. The monoisotopic (exact) mass is 559 g/mol. The lowest BCUT2D eigenvalue weighted by molar-refractivity contribution is -0.126. The molecule has 182 valence electrons. The number of hydrogen-bond acceptors (Lipinski definition) is 6. The van der Waals surface area contributed by atoms with E-state index in [4.69, 9.17) is 25.8 Å². The summed E-state index contributed by atoms with van der Waals surface area (Å²) in [7, 11) is 3.08. The molecular weight excluding hydrogens is 538 g/mol. The number of benzene rings is 3. The molecule has 3 aromatic rings. The maximum atomic E-state index is 12.1. The van der Waals surface area contributed by atoms with Crippen LogP contribution >= 0.6 is 27.5 Å². The summed E-state index contributed by atoms with van der Waals surface area (Å²) in [5.41, 5.74) is 4.38. The Hall–Kier alpha value is -3.56. The zero-order valence-corrected chi connectivity index (χ0v) is 21.4. The Morgan fingerprint density at radius 3 is 2.46 bits per heavy atom. The van der Waals surface area contributed by atoms with Crippen molar-refractivity contribution in [2.24, 2.45) is 5.10 Å². The van der Waals surface area contributed by atoms with Gasteiger partial charge in [-0.15, -0.1) is 0 Å². The SMILES string of the molecule is COc1ccc(NC(=O)CC(=O)NN=Cc2cc(Br)c(OCc3ccccc3Cl)c(OC)c2)cc1. The summed E-state index contributed by atoms with van der Waals surface area (Å²) in [5, 5.41) is 7.17. The fourth-order valence-electron chi connectivity index (χ4n) is 2.96. The number of rotatable bonds is 10. The van der Waals surface area contributed by atoms with E-state index in [1.54, 1.807) is 49.6 Å². The van der Waals surface area contributed by atoms with E-state index in [9.17, 15) is 9.59 Å². The predicted octanol–water partition coefficient (Wildman–Crippen LogP) is 5.18. The number of nitrogens with one attached hydrogen (secondary N) is 2. The van der Waals surface area contributed by atoms with Crippen LogP contribution < -0.4 is 25.0 Å². The highest BCUT2D eigenvalue weighted by Gasteiger charge is 2.13. The zero-order valence-electron chi connectivity index (χ0n) is 19.0. The van der Waals surface area contributed by atoms with Gasteiger partial charge in [0, 0.05) is 16.3 Å². The minimum absolute atomic E-state index is 0.261. The van der Waals surface area contributed by atoms with Gasteiger partial charge in [-0.2, -0.15) is 5.10 Å². The standard InChI is InChI=1S/C25H23BrClN3O5/c1-33-19-9-7-18(8-10-19)29-23(31)13-24(32)30-28-14-16-11-20(26)25(22(12-16)34-2)35-15-17-5-3-4-6-21(17)27/h3-12,14H,13,15H2,1-2H3,(H,29,31)(H,30,32). The van der Waals surface area contributed by atoms with E-state index >= 15 is 0 Å². The first-order valence-corrected chi connectivity index (χ1v) is 11.6. The molecule has 8 nitrogen and oxygen atoms in total. The third-order valence-electron chi connectivity index (χ3n) is 4.68. The topological polar surface area (TPSA) is 98.2 Å². The molecule has 0 aliphatic rings. The third kappa shape index (κ3) is 7.73. The molecule has 0 bridgehead atoms. The van der Waals surface area contributed by atoms with Gasteiger partial charge in [0.2, 0.25) is 11.8 Å². The highest BCUT2D eigenvalue weighted by Crippen LogP contribution is 2.37. The van der Waals surface area contributed by atoms with Gasteiger partial charge in [-0.05, 0) is 64.0 Å². The highest BCUT2D eigenvalue weighted by molar-refractivity contribution is 9.10. The van der Waals surface area contributed by atoms with Crippen LogP contribution in [0, 0.1) is 0 Å². The molecular formula is C25H23BrClN3O5. The van der Waals surface area contributed by atoms with Crippen LogP contribution in [0.3, 0.4) is 0 Å². The lowest BCUT2D eigenvalue weighted by atomic mass is 10.2. The van der Waals surface area contributed by atoms with Crippen LogP contribution in [0.2, 0.25) is 5.02 Å². The van der Waals surface area contributed by atoms with Gasteiger partial charge in [0.15, 0.2) is 11.5 Å². The van der Waals surface area contributed by atoms with Crippen LogP contribution in [0.4, 0.5) is 5.69 Å². The van der Waals surface area contributed by atoms with Crippen molar-refractivity contribution in [1.29, 1.82) is 0 Å². The molecule has 3 aromatic carbocycles. The highest BCUT2D eigenvalue weighted by atomic mass is 79.9. The van der Waals surface area contributed by atoms with Gasteiger partial charge in [-0.1, -0.05) is 29.8 Å². The summed E-state index contributed by atoms with van der Waals surface area (Å²) in [6.07, 6.45) is 1.05. The molecule has 0 aliphatic carbocycles. The second-order valence-electron chi connectivity index (χ2n) is 7.16. The summed E-state index contributed by atoms with van der Waals surface area (Å²) < 4.78 is 17.0. The molecule has 0 atom stereocenters. The molecule has 0 saturated carbocycles. The van der Waals surface area contributed by atoms with Gasteiger partial charge in [0.25, 0.3) is 0 Å². The van der Waals surface area contributed by atoms with Crippen molar-refractivity contribution >= 4 is 51.2 Å². The van der Waals surface area contributed by atoms with E-state index < -0.39 is 11.8 Å². The zero-order chi connectivity index (χ0) is 25.2. The molecule has 0 aromatic heterocycles. The van der Waals surface area contributed by atoms with Crippen molar-refractivity contribution in [3.8, 4) is 17.2 Å². The second kappa shape index (κ2) is 12.8. The number of anilines is 1. The van der Waals surface area contributed by atoms with E-state index in [-0.39, 0.29) is 13.0 Å². The van der Waals surface area contributed by atoms with E-state index in [0.717, 1.165) is 5.56 Å². The molecule has 0 saturated heterocycles. The molecule has 0 spiro atoms. The fraction of sp³-hybridized carbons (Fsp3) is 0.160. The molecule has 3 rings (SSSR count). The number of halogens is 2. The molecule has 35 heavy (non-hydrogen) atoms. The number of hydrazone groups is 1. The first kappa shape index (κ1) is 26.1. The lowest BCUT2D eigenvalue weighted by Crippen LogP contribution is -2.24. The average molecular weight is 561 g/mol. The predicted molar refractivity (Wildman–Crippen MR) is 138 cm³/mol. The molecule has 0 fully saturated rings. The molecule has 0 unspecified atom stereocenters. The summed E-state index contributed by atoms with van der Waals surface area (Å²) in [5.74, 6) is 0.616. The Kier molecular flexibility index (Phi) is 9.51. The van der Waals surface area contributed by atoms with Gasteiger partial charge in [-0.25, -0.2) is 5.43 Å². The van der Waals surface area contributed by atoms with Crippen LogP contribution in [0.5, 0.6) is 17.2 Å². The van der Waals surface area contributed by atoms with E-state index in [1.165, 1.54) is 13.3 Å². The third-order valence-corrected chi connectivity index (χ3v) is 5.64. The maximum Gasteiger partial charge on any atom is 0.249 e. The molecule has 10 heteroatoms. The Bertz CT molecular complexity index is 1220. The van der Waals surface area contributed by atoms with Gasteiger partial charge in [0.1, 0.15) is 18.8 Å². The number of ether oxygens (including phenoxy) is 3. The summed E-state index contributed by atoms with van der Waals surface area (Å²) >= 11 is 9.67. The number of carbonyl (C=O) groups is 2. The molecule has 0 radical (unpaired) electrons. The Morgan fingerprint density at radius 2 is 1.77 bits per heavy atom. The van der Waals surface area contributed by atoms with Crippen LogP contribution in [0.1, 0.15) is 17.5 Å². The van der Waals surface area contributed by atoms with Crippen molar-refractivity contribution in [2.75, 3.05) is 19.5 Å². The first-order chi connectivity index (χ1) is 16.9. The Balaban J connectivity index is 1.55. The number of carbonyl (C=O) groups excluding carboxylic acids is 2. The van der Waals surface area contributed by atoms with Crippen molar-refractivity contribution in [3.63, 3.8) is 0 Å². The lowest BCUT2D eigenvalue weighted by Gasteiger charge is -2.14. The van der Waals surface area contributed by atoms with Gasteiger partial charge >= 0.3 is 0 Å². The molecule has 0 heterocycles. The van der Waals surface area contributed by atoms with Crippen LogP contribution in [0.15, 0.2) is 70.2 Å². The number of hydrogen-bond donors (Lipinski definition) is 2. The van der Waals surface area contributed by atoms with Crippen LogP contribution in [-0.2, 0) is 16.2 Å². The van der Waals surface area contributed by atoms with Gasteiger partial charge < -0.3 is 19.5 Å². The van der Waals surface area contributed by atoms with Crippen molar-refractivity contribution in [2.45, 2.75) is 13.0 Å². The average Bonchev–Trinajstić information content (AvgIpc) is 2.84. The fourth-order valence-corrected chi connectivity index (χ4v) is 3.73. The molecule has 2 amide bonds. The molecule has 2 N–H and O–H groups in total. The number of nitrogens with zero attached hydrogens (tertiary/aromatic N) is 1. The van der Waals surface area contributed by atoms with E-state index in [2.05, 4.69) is 31.8 Å². The Labute approximate surface area is 216 Å². The number of amides is 2. The van der Waals surface area contributed by atoms with Crippen molar-refractivity contribution < 1.29 is 23.8 Å². The summed E-state index contributed by atoms with van der Waals surface area (Å²) in [6.45, 7) is 0.261. The normalized spacial score (nSPS) is 10.6. The van der Waals surface area contributed by atoms with Crippen LogP contribution in [-0.4, -0.2) is 32.2 Å². The summed E-state index contributed by atoms with van der Waals surface area (Å²) in [6, 6.07) is 17.6. The minimum atomic E-state index is -0.557. The minimum Gasteiger partial charge on any atom is -0.497 e. The van der Waals surface area contributed by atoms with Crippen molar-refractivity contribution in [1.82, 2.24) is 5.43 Å². The largest absolute Gasteiger partial charge is 0.497 e. The number of methoxy groups -OCH3 is 2. The van der Waals surface area contributed by atoms with Gasteiger partial charge in [0.05, 0.1) is 24.9 Å². The quantitative estimate of drug-likeness (QED) is 0.202. The van der Waals surface area contributed by atoms with E-state index in [1.807, 2.05) is 18.2 Å². The van der Waals surface area contributed by atoms with E-state index in [0.29, 0.717) is 38.0 Å².